The second kappa shape index (κ2) is 4.71. The van der Waals surface area contributed by atoms with Crippen molar-refractivity contribution in [3.8, 4) is 0 Å². The molecule has 0 heterocycles. The van der Waals surface area contributed by atoms with Crippen LogP contribution in [0.3, 0.4) is 0 Å². The predicted octanol–water partition coefficient (Wildman–Crippen LogP) is 0.913. The van der Waals surface area contributed by atoms with Gasteiger partial charge in [0.1, 0.15) is 6.61 Å². The van der Waals surface area contributed by atoms with Gasteiger partial charge in [0.2, 0.25) is 0 Å². The van der Waals surface area contributed by atoms with Crippen LogP contribution in [0, 0.1) is 0 Å². The van der Waals surface area contributed by atoms with Gasteiger partial charge in [0, 0.05) is 11.8 Å². The molecule has 0 saturated heterocycles. The summed E-state index contributed by atoms with van der Waals surface area (Å²) >= 11 is 4.51. The van der Waals surface area contributed by atoms with Crippen molar-refractivity contribution in [1.29, 1.82) is 0 Å². The van der Waals surface area contributed by atoms with Crippen LogP contribution in [0.2, 0.25) is 0 Å². The molecular weight excluding hydrogens is 124 g/mol. The Labute approximate surface area is 53.9 Å². The molecular formula is C5H7O2S. The molecule has 0 atom stereocenters. The summed E-state index contributed by atoms with van der Waals surface area (Å²) < 4.78 is 4.48. The Morgan fingerprint density at radius 1 is 1.88 bits per heavy atom. The summed E-state index contributed by atoms with van der Waals surface area (Å²) in [5.74, 6) is 0.0365. The van der Waals surface area contributed by atoms with Crippen LogP contribution in [-0.2, 0) is 9.53 Å². The van der Waals surface area contributed by atoms with E-state index in [2.05, 4.69) is 23.9 Å². The first-order valence-corrected chi connectivity index (χ1v) is 2.76. The number of rotatable bonds is 3. The van der Waals surface area contributed by atoms with Crippen molar-refractivity contribution >= 4 is 18.6 Å². The third-order valence-electron chi connectivity index (χ3n) is 0.494. The highest BCUT2D eigenvalue weighted by atomic mass is 32.1. The molecule has 0 aliphatic heterocycles. The topological polar surface area (TPSA) is 26.3 Å². The van der Waals surface area contributed by atoms with E-state index in [9.17, 15) is 4.79 Å². The molecule has 2 nitrogen and oxygen atoms in total. The fourth-order valence-corrected chi connectivity index (χ4v) is 0.285. The van der Waals surface area contributed by atoms with Gasteiger partial charge >= 0.3 is 5.97 Å². The smallest absolute Gasteiger partial charge is 0.330 e. The molecule has 0 aromatic rings. The summed E-state index contributed by atoms with van der Waals surface area (Å²) in [7, 11) is 0. The second-order valence-corrected chi connectivity index (χ2v) is 1.48. The maximum atomic E-state index is 10.2. The molecule has 0 fully saturated rings. The van der Waals surface area contributed by atoms with E-state index in [1.165, 1.54) is 0 Å². The van der Waals surface area contributed by atoms with E-state index in [4.69, 9.17) is 0 Å². The first-order valence-electron chi connectivity index (χ1n) is 2.18. The molecule has 0 saturated carbocycles. The van der Waals surface area contributed by atoms with Gasteiger partial charge in [-0.25, -0.2) is 4.79 Å². The van der Waals surface area contributed by atoms with Gasteiger partial charge in [-0.3, -0.25) is 0 Å². The number of ether oxygens (including phenoxy) is 1. The Morgan fingerprint density at radius 2 is 2.50 bits per heavy atom. The van der Waals surface area contributed by atoms with Gasteiger partial charge < -0.3 is 4.74 Å². The standard InChI is InChI=1S/C5H7O2S/c1-2-5(6)7-3-4-8/h2H,1,3-4H2. The molecule has 45 valence electrons. The number of carbonyl (C=O) groups excluding carboxylic acids is 1. The van der Waals surface area contributed by atoms with E-state index < -0.39 is 5.97 Å². The van der Waals surface area contributed by atoms with E-state index in [1.54, 1.807) is 0 Å². The third kappa shape index (κ3) is 3.74. The minimum atomic E-state index is -0.408. The van der Waals surface area contributed by atoms with Crippen LogP contribution in [0.15, 0.2) is 12.7 Å². The quantitative estimate of drug-likeness (QED) is 0.420. The van der Waals surface area contributed by atoms with Crippen molar-refractivity contribution < 1.29 is 9.53 Å². The number of hydrogen-bond donors (Lipinski definition) is 0. The zero-order chi connectivity index (χ0) is 6.41. The van der Waals surface area contributed by atoms with Crippen molar-refractivity contribution in [2.45, 2.75) is 0 Å². The van der Waals surface area contributed by atoms with Crippen LogP contribution >= 0.6 is 12.6 Å². The van der Waals surface area contributed by atoms with Gasteiger partial charge in [-0.15, -0.1) is 0 Å². The van der Waals surface area contributed by atoms with E-state index in [0.717, 1.165) is 6.08 Å². The average Bonchev–Trinajstić information content (AvgIpc) is 1.83. The SMILES string of the molecule is C=CC(=O)OCC[S]. The zero-order valence-corrected chi connectivity index (χ0v) is 5.24. The molecule has 0 aliphatic carbocycles. The van der Waals surface area contributed by atoms with E-state index >= 15 is 0 Å². The van der Waals surface area contributed by atoms with Crippen molar-refractivity contribution in [1.82, 2.24) is 0 Å². The lowest BCUT2D eigenvalue weighted by Gasteiger charge is -1.93. The summed E-state index contributed by atoms with van der Waals surface area (Å²) in [6, 6.07) is 0. The highest BCUT2D eigenvalue weighted by molar-refractivity contribution is 7.80. The molecule has 0 spiro atoms. The summed E-state index contributed by atoms with van der Waals surface area (Å²) in [6.07, 6.45) is 1.12. The molecule has 3 heteroatoms. The van der Waals surface area contributed by atoms with Crippen LogP contribution < -0.4 is 0 Å². The van der Waals surface area contributed by atoms with Gasteiger partial charge in [0.05, 0.1) is 0 Å². The summed E-state index contributed by atoms with van der Waals surface area (Å²) in [5.41, 5.74) is 0. The zero-order valence-electron chi connectivity index (χ0n) is 4.42. The average molecular weight is 131 g/mol. The van der Waals surface area contributed by atoms with Gasteiger partial charge in [-0.2, -0.15) is 0 Å². The molecule has 8 heavy (non-hydrogen) atoms. The molecule has 0 amide bonds. The lowest BCUT2D eigenvalue weighted by Crippen LogP contribution is -2.01. The van der Waals surface area contributed by atoms with Gasteiger partial charge in [0.15, 0.2) is 0 Å². The lowest BCUT2D eigenvalue weighted by molar-refractivity contribution is -0.137. The van der Waals surface area contributed by atoms with E-state index in [0.29, 0.717) is 12.4 Å². The van der Waals surface area contributed by atoms with Crippen molar-refractivity contribution in [3.05, 3.63) is 12.7 Å². The van der Waals surface area contributed by atoms with Crippen molar-refractivity contribution in [2.24, 2.45) is 0 Å². The number of esters is 1. The summed E-state index contributed by atoms with van der Waals surface area (Å²) in [5, 5.41) is 0. The minimum absolute atomic E-state index is 0.306. The van der Waals surface area contributed by atoms with Crippen molar-refractivity contribution in [2.75, 3.05) is 12.4 Å². The highest BCUT2D eigenvalue weighted by Gasteiger charge is 1.90. The molecule has 0 aliphatic rings. The monoisotopic (exact) mass is 131 g/mol. The van der Waals surface area contributed by atoms with Gasteiger partial charge in [-0.05, 0) is 0 Å². The minimum Gasteiger partial charge on any atom is -0.462 e. The Morgan fingerprint density at radius 3 is 2.88 bits per heavy atom. The Balaban J connectivity index is 3.11. The number of carbonyl (C=O) groups is 1. The molecule has 0 rings (SSSR count). The van der Waals surface area contributed by atoms with Crippen LogP contribution in [0.5, 0.6) is 0 Å². The van der Waals surface area contributed by atoms with Crippen LogP contribution in [0.1, 0.15) is 0 Å². The molecule has 1 radical (unpaired) electrons. The predicted molar refractivity (Wildman–Crippen MR) is 33.6 cm³/mol. The van der Waals surface area contributed by atoms with E-state index in [1.807, 2.05) is 0 Å². The molecule has 0 unspecified atom stereocenters. The highest BCUT2D eigenvalue weighted by Crippen LogP contribution is 1.79. The Kier molecular flexibility index (Phi) is 4.45. The third-order valence-corrected chi connectivity index (χ3v) is 0.661. The maximum Gasteiger partial charge on any atom is 0.330 e. The van der Waals surface area contributed by atoms with E-state index in [-0.39, 0.29) is 0 Å². The molecule has 0 bridgehead atoms. The fourth-order valence-electron chi connectivity index (χ4n) is 0.201. The van der Waals surface area contributed by atoms with Gasteiger partial charge in [-0.1, -0.05) is 19.2 Å². The normalized spacial score (nSPS) is 8.12. The molecule has 0 aromatic heterocycles. The van der Waals surface area contributed by atoms with Crippen molar-refractivity contribution in [3.63, 3.8) is 0 Å². The largest absolute Gasteiger partial charge is 0.462 e. The maximum absolute atomic E-state index is 10.2. The fraction of sp³-hybridized carbons (Fsp3) is 0.400. The molecule has 0 N–H and O–H groups in total. The summed E-state index contributed by atoms with van der Waals surface area (Å²) in [4.78, 5) is 10.2. The summed E-state index contributed by atoms with van der Waals surface area (Å²) in [6.45, 7) is 3.51. The Bertz CT molecular complexity index is 90.4. The van der Waals surface area contributed by atoms with Crippen LogP contribution in [0.25, 0.3) is 0 Å². The molecule has 0 aromatic carbocycles. The first kappa shape index (κ1) is 7.56. The van der Waals surface area contributed by atoms with Gasteiger partial charge in [0.25, 0.3) is 0 Å². The van der Waals surface area contributed by atoms with Crippen LogP contribution in [0.4, 0.5) is 0 Å². The number of hydrogen-bond acceptors (Lipinski definition) is 2. The second-order valence-electron chi connectivity index (χ2n) is 1.08. The first-order chi connectivity index (χ1) is 3.81. The lowest BCUT2D eigenvalue weighted by atomic mass is 10.6. The van der Waals surface area contributed by atoms with Crippen LogP contribution in [-0.4, -0.2) is 18.3 Å². The Hall–Kier alpha value is -0.440.